The number of hydrogen-bond acceptors (Lipinski definition) is 7. The van der Waals surface area contributed by atoms with Gasteiger partial charge in [0, 0.05) is 55.7 Å². The number of amides is 1. The highest BCUT2D eigenvalue weighted by atomic mass is 32.1. The highest BCUT2D eigenvalue weighted by Crippen LogP contribution is 2.27. The average molecular weight is 506 g/mol. The SMILES string of the molecule is COc1ccc(C(=O)NC(=S)Nc2ccc(N3CCN(Cc4ccccc4)CC3)cc2)cc1[N+](=O)[O-]. The van der Waals surface area contributed by atoms with Crippen molar-refractivity contribution in [2.75, 3.05) is 43.5 Å². The summed E-state index contributed by atoms with van der Waals surface area (Å²) in [7, 11) is 1.33. The second-order valence-corrected chi connectivity index (χ2v) is 8.76. The number of methoxy groups -OCH3 is 1. The Bertz CT molecular complexity index is 1230. The molecule has 1 heterocycles. The lowest BCUT2D eigenvalue weighted by atomic mass is 10.1. The van der Waals surface area contributed by atoms with Crippen LogP contribution in [0.15, 0.2) is 72.8 Å². The van der Waals surface area contributed by atoms with Crippen LogP contribution in [0.25, 0.3) is 0 Å². The number of rotatable bonds is 7. The molecule has 0 unspecified atom stereocenters. The van der Waals surface area contributed by atoms with Crippen LogP contribution in [0.1, 0.15) is 15.9 Å². The Balaban J connectivity index is 1.28. The molecule has 1 amide bonds. The zero-order valence-electron chi connectivity index (χ0n) is 19.8. The summed E-state index contributed by atoms with van der Waals surface area (Å²) >= 11 is 5.25. The van der Waals surface area contributed by atoms with Crippen molar-refractivity contribution in [3.63, 3.8) is 0 Å². The van der Waals surface area contributed by atoms with Gasteiger partial charge in [0.25, 0.3) is 5.91 Å². The topological polar surface area (TPSA) is 100.0 Å². The first-order valence-electron chi connectivity index (χ1n) is 11.5. The molecule has 0 aromatic heterocycles. The van der Waals surface area contributed by atoms with Gasteiger partial charge in [-0.3, -0.25) is 25.1 Å². The molecule has 1 fully saturated rings. The van der Waals surface area contributed by atoms with Gasteiger partial charge in [-0.05, 0) is 54.2 Å². The predicted octanol–water partition coefficient (Wildman–Crippen LogP) is 4.05. The van der Waals surface area contributed by atoms with Crippen LogP contribution in [0.4, 0.5) is 17.1 Å². The Labute approximate surface area is 214 Å². The third kappa shape index (κ3) is 6.35. The van der Waals surface area contributed by atoms with Gasteiger partial charge in [0.05, 0.1) is 12.0 Å². The maximum absolute atomic E-state index is 12.5. The van der Waals surface area contributed by atoms with Crippen LogP contribution in [-0.2, 0) is 6.54 Å². The molecule has 36 heavy (non-hydrogen) atoms. The quantitative estimate of drug-likeness (QED) is 0.282. The smallest absolute Gasteiger partial charge is 0.311 e. The van der Waals surface area contributed by atoms with Crippen LogP contribution in [-0.4, -0.2) is 54.1 Å². The molecule has 4 rings (SSSR count). The molecule has 1 aliphatic heterocycles. The Hall–Kier alpha value is -4.02. The van der Waals surface area contributed by atoms with Crippen LogP contribution >= 0.6 is 12.2 Å². The van der Waals surface area contributed by atoms with Gasteiger partial charge in [-0.2, -0.15) is 0 Å². The minimum atomic E-state index is -0.600. The summed E-state index contributed by atoms with van der Waals surface area (Å²) in [5.74, 6) is -0.474. The minimum absolute atomic E-state index is 0.0787. The number of carbonyl (C=O) groups excluding carboxylic acids is 1. The maximum atomic E-state index is 12.5. The molecule has 186 valence electrons. The molecule has 0 spiro atoms. The summed E-state index contributed by atoms with van der Waals surface area (Å²) in [5.41, 5.74) is 3.00. The summed E-state index contributed by atoms with van der Waals surface area (Å²) in [5, 5.41) is 16.8. The largest absolute Gasteiger partial charge is 0.490 e. The first-order valence-corrected chi connectivity index (χ1v) is 11.9. The molecule has 0 radical (unpaired) electrons. The molecular formula is C26H27N5O4S. The van der Waals surface area contributed by atoms with E-state index in [-0.39, 0.29) is 22.1 Å². The molecule has 10 heteroatoms. The monoisotopic (exact) mass is 505 g/mol. The standard InChI is InChI=1S/C26H27N5O4S/c1-35-24-12-7-20(17-23(24)31(33)34)25(32)28-26(36)27-21-8-10-22(11-9-21)30-15-13-29(14-16-30)18-19-5-3-2-4-6-19/h2-12,17H,13-16,18H2,1H3,(H2,27,28,32,36). The summed E-state index contributed by atoms with van der Waals surface area (Å²) in [4.78, 5) is 27.9. The second-order valence-electron chi connectivity index (χ2n) is 8.35. The molecule has 2 N–H and O–H groups in total. The third-order valence-corrected chi connectivity index (χ3v) is 6.18. The highest BCUT2D eigenvalue weighted by Gasteiger charge is 2.19. The number of benzene rings is 3. The first kappa shape index (κ1) is 25.1. The zero-order valence-corrected chi connectivity index (χ0v) is 20.7. The summed E-state index contributed by atoms with van der Waals surface area (Å²) in [6.07, 6.45) is 0. The average Bonchev–Trinajstić information content (AvgIpc) is 2.89. The van der Waals surface area contributed by atoms with E-state index in [1.807, 2.05) is 30.3 Å². The number of nitro groups is 1. The van der Waals surface area contributed by atoms with Gasteiger partial charge in [-0.25, -0.2) is 0 Å². The van der Waals surface area contributed by atoms with Crippen molar-refractivity contribution in [1.82, 2.24) is 10.2 Å². The Morgan fingerprint density at radius 2 is 1.72 bits per heavy atom. The molecule has 1 saturated heterocycles. The first-order chi connectivity index (χ1) is 17.4. The van der Waals surface area contributed by atoms with Crippen LogP contribution in [0, 0.1) is 10.1 Å². The summed E-state index contributed by atoms with van der Waals surface area (Å²) < 4.78 is 4.97. The van der Waals surface area contributed by atoms with Gasteiger partial charge in [-0.15, -0.1) is 0 Å². The van der Waals surface area contributed by atoms with Crippen molar-refractivity contribution in [3.05, 3.63) is 94.0 Å². The van der Waals surface area contributed by atoms with Gasteiger partial charge in [0.2, 0.25) is 0 Å². The molecule has 3 aromatic rings. The normalized spacial score (nSPS) is 13.6. The number of anilines is 2. The van der Waals surface area contributed by atoms with Gasteiger partial charge in [-0.1, -0.05) is 30.3 Å². The van der Waals surface area contributed by atoms with E-state index < -0.39 is 10.8 Å². The van der Waals surface area contributed by atoms with Crippen molar-refractivity contribution >= 4 is 40.3 Å². The predicted molar refractivity (Wildman–Crippen MR) is 144 cm³/mol. The molecule has 3 aromatic carbocycles. The number of piperazine rings is 1. The fourth-order valence-electron chi connectivity index (χ4n) is 4.07. The lowest BCUT2D eigenvalue weighted by molar-refractivity contribution is -0.385. The van der Waals surface area contributed by atoms with Crippen molar-refractivity contribution in [2.24, 2.45) is 0 Å². The zero-order chi connectivity index (χ0) is 25.5. The van der Waals surface area contributed by atoms with Crippen LogP contribution in [0.2, 0.25) is 0 Å². The molecule has 9 nitrogen and oxygen atoms in total. The van der Waals surface area contributed by atoms with E-state index in [4.69, 9.17) is 17.0 Å². The Morgan fingerprint density at radius 1 is 1.03 bits per heavy atom. The Morgan fingerprint density at radius 3 is 2.36 bits per heavy atom. The van der Waals surface area contributed by atoms with Crippen LogP contribution in [0.5, 0.6) is 5.75 Å². The Kier molecular flexibility index (Phi) is 8.09. The van der Waals surface area contributed by atoms with E-state index in [1.54, 1.807) is 0 Å². The van der Waals surface area contributed by atoms with E-state index in [1.165, 1.54) is 24.8 Å². The molecule has 1 aliphatic rings. The van der Waals surface area contributed by atoms with E-state index >= 15 is 0 Å². The molecular weight excluding hydrogens is 478 g/mol. The van der Waals surface area contributed by atoms with Crippen LogP contribution < -0.4 is 20.3 Å². The number of nitrogens with one attached hydrogen (secondary N) is 2. The minimum Gasteiger partial charge on any atom is -0.490 e. The summed E-state index contributed by atoms with van der Waals surface area (Å²) in [6.45, 7) is 4.85. The molecule has 0 saturated carbocycles. The van der Waals surface area contributed by atoms with Crippen molar-refractivity contribution in [3.8, 4) is 5.75 Å². The maximum Gasteiger partial charge on any atom is 0.311 e. The number of ether oxygens (including phenoxy) is 1. The van der Waals surface area contributed by atoms with Crippen molar-refractivity contribution in [1.29, 1.82) is 0 Å². The fraction of sp³-hybridized carbons (Fsp3) is 0.231. The van der Waals surface area contributed by atoms with Crippen molar-refractivity contribution < 1.29 is 14.5 Å². The van der Waals surface area contributed by atoms with E-state index in [2.05, 4.69) is 44.7 Å². The van der Waals surface area contributed by atoms with Crippen LogP contribution in [0.3, 0.4) is 0 Å². The van der Waals surface area contributed by atoms with Gasteiger partial charge >= 0.3 is 5.69 Å². The number of thiocarbonyl (C=S) groups is 1. The summed E-state index contributed by atoms with van der Waals surface area (Å²) in [6, 6.07) is 22.3. The molecule has 0 bridgehead atoms. The molecule has 0 aliphatic carbocycles. The van der Waals surface area contributed by atoms with E-state index in [0.29, 0.717) is 0 Å². The van der Waals surface area contributed by atoms with Crippen molar-refractivity contribution in [2.45, 2.75) is 6.54 Å². The molecule has 0 atom stereocenters. The third-order valence-electron chi connectivity index (χ3n) is 5.98. The van der Waals surface area contributed by atoms with Gasteiger partial charge in [0.1, 0.15) is 0 Å². The number of carbonyl (C=O) groups is 1. The van der Waals surface area contributed by atoms with E-state index in [9.17, 15) is 14.9 Å². The van der Waals surface area contributed by atoms with E-state index in [0.717, 1.165) is 50.2 Å². The fourth-order valence-corrected chi connectivity index (χ4v) is 4.28. The second kappa shape index (κ2) is 11.6. The number of nitrogens with zero attached hydrogens (tertiary/aromatic N) is 3. The number of nitro benzene ring substituents is 1. The lowest BCUT2D eigenvalue weighted by Gasteiger charge is -2.36. The van der Waals surface area contributed by atoms with Gasteiger partial charge in [0.15, 0.2) is 10.9 Å². The lowest BCUT2D eigenvalue weighted by Crippen LogP contribution is -2.45. The van der Waals surface area contributed by atoms with Gasteiger partial charge < -0.3 is 15.0 Å². The highest BCUT2D eigenvalue weighted by molar-refractivity contribution is 7.80. The number of hydrogen-bond donors (Lipinski definition) is 2.